The van der Waals surface area contributed by atoms with Gasteiger partial charge in [0.25, 0.3) is 6.01 Å². The molecule has 27 heavy (non-hydrogen) atoms. The summed E-state index contributed by atoms with van der Waals surface area (Å²) < 4.78 is 5.91. The first-order chi connectivity index (χ1) is 12.9. The molecule has 4 rings (SSSR count). The van der Waals surface area contributed by atoms with Crippen LogP contribution in [0, 0.1) is 0 Å². The first kappa shape index (κ1) is 17.5. The van der Waals surface area contributed by atoms with Crippen molar-refractivity contribution in [3.63, 3.8) is 0 Å². The monoisotopic (exact) mass is 360 g/mol. The van der Waals surface area contributed by atoms with Gasteiger partial charge in [-0.05, 0) is 34.6 Å². The number of oxazole rings is 1. The van der Waals surface area contributed by atoms with E-state index in [0.717, 1.165) is 29.0 Å². The van der Waals surface area contributed by atoms with Gasteiger partial charge >= 0.3 is 0 Å². The Hall–Kier alpha value is -2.88. The highest BCUT2D eigenvalue weighted by Crippen LogP contribution is 2.31. The summed E-state index contributed by atoms with van der Waals surface area (Å²) in [5.74, 6) is 1.00. The summed E-state index contributed by atoms with van der Waals surface area (Å²) in [6, 6.07) is 14.9. The number of hydrogen-bond acceptors (Lipinski definition) is 4. The van der Waals surface area contributed by atoms with Crippen molar-refractivity contribution in [1.29, 1.82) is 0 Å². The minimum Gasteiger partial charge on any atom is -0.423 e. The molecule has 0 aliphatic heterocycles. The molecule has 0 unspecified atom stereocenters. The number of aryl methyl sites for hydroxylation is 1. The Morgan fingerprint density at radius 2 is 1.81 bits per heavy atom. The van der Waals surface area contributed by atoms with Crippen LogP contribution >= 0.6 is 0 Å². The molecule has 0 fully saturated rings. The lowest BCUT2D eigenvalue weighted by atomic mass is 9.86. The van der Waals surface area contributed by atoms with Crippen LogP contribution in [-0.2, 0) is 23.1 Å². The number of carbonyl (C=O) groups is 1. The molecule has 4 nitrogen and oxygen atoms in total. The van der Waals surface area contributed by atoms with E-state index in [1.54, 1.807) is 6.20 Å². The maximum atomic E-state index is 11.9. The first-order valence-electron chi connectivity index (χ1n) is 9.36. The van der Waals surface area contributed by atoms with Gasteiger partial charge in [-0.15, -0.1) is 0 Å². The fourth-order valence-corrected chi connectivity index (χ4v) is 3.47. The van der Waals surface area contributed by atoms with Crippen molar-refractivity contribution < 1.29 is 9.21 Å². The molecule has 1 aliphatic carbocycles. The van der Waals surface area contributed by atoms with Crippen LogP contribution < -0.4 is 5.32 Å². The van der Waals surface area contributed by atoms with Gasteiger partial charge in [-0.1, -0.05) is 57.2 Å². The second-order valence-electron chi connectivity index (χ2n) is 8.14. The van der Waals surface area contributed by atoms with E-state index in [4.69, 9.17) is 4.42 Å². The van der Waals surface area contributed by atoms with Crippen LogP contribution in [0.5, 0.6) is 0 Å². The number of anilines is 2. The van der Waals surface area contributed by atoms with Crippen molar-refractivity contribution in [1.82, 2.24) is 4.98 Å². The number of Topliss-reactive ketones (excluding diaryl/α,β-unsaturated/α-hetero) is 1. The third-order valence-corrected chi connectivity index (χ3v) is 5.10. The van der Waals surface area contributed by atoms with E-state index in [9.17, 15) is 4.79 Å². The molecule has 0 spiro atoms. The van der Waals surface area contributed by atoms with E-state index in [1.807, 2.05) is 12.1 Å². The lowest BCUT2D eigenvalue weighted by molar-refractivity contribution is -0.118. The maximum Gasteiger partial charge on any atom is 0.299 e. The SMILES string of the molecule is CC(C)(C)c1ccc(-c2cnc(Nc3cccc4c3CC(=O)CC4)o2)cc1. The average Bonchev–Trinajstić information content (AvgIpc) is 3.10. The molecule has 138 valence electrons. The predicted octanol–water partition coefficient (Wildman–Crippen LogP) is 5.44. The summed E-state index contributed by atoms with van der Waals surface area (Å²) in [5, 5.41) is 3.25. The first-order valence-corrected chi connectivity index (χ1v) is 9.36. The number of rotatable bonds is 3. The normalized spacial score (nSPS) is 14.1. The van der Waals surface area contributed by atoms with Gasteiger partial charge in [0.15, 0.2) is 5.76 Å². The topological polar surface area (TPSA) is 55.1 Å². The molecule has 0 atom stereocenters. The Morgan fingerprint density at radius 3 is 2.56 bits per heavy atom. The third kappa shape index (κ3) is 3.65. The average molecular weight is 360 g/mol. The summed E-state index contributed by atoms with van der Waals surface area (Å²) in [4.78, 5) is 16.2. The van der Waals surface area contributed by atoms with E-state index >= 15 is 0 Å². The van der Waals surface area contributed by atoms with Crippen molar-refractivity contribution >= 4 is 17.5 Å². The lowest BCUT2D eigenvalue weighted by Gasteiger charge is -2.19. The molecule has 1 heterocycles. The van der Waals surface area contributed by atoms with Crippen LogP contribution in [0.3, 0.4) is 0 Å². The summed E-state index contributed by atoms with van der Waals surface area (Å²) in [5.41, 5.74) is 5.58. The molecule has 1 aliphatic rings. The van der Waals surface area contributed by atoms with E-state index in [1.165, 1.54) is 11.1 Å². The summed E-state index contributed by atoms with van der Waals surface area (Å²) in [6.07, 6.45) is 3.64. The number of nitrogens with zero attached hydrogens (tertiary/aromatic N) is 1. The van der Waals surface area contributed by atoms with E-state index < -0.39 is 0 Å². The van der Waals surface area contributed by atoms with E-state index in [-0.39, 0.29) is 11.2 Å². The van der Waals surface area contributed by atoms with Crippen molar-refractivity contribution in [2.45, 2.75) is 45.4 Å². The number of aromatic nitrogens is 1. The van der Waals surface area contributed by atoms with Gasteiger partial charge in [0.1, 0.15) is 5.78 Å². The smallest absolute Gasteiger partial charge is 0.299 e. The Morgan fingerprint density at radius 1 is 1.04 bits per heavy atom. The molecule has 2 aromatic carbocycles. The highest BCUT2D eigenvalue weighted by atomic mass is 16.4. The Kier molecular flexibility index (Phi) is 4.34. The molecule has 0 radical (unpaired) electrons. The molecule has 0 saturated heterocycles. The summed E-state index contributed by atoms with van der Waals surface area (Å²) in [7, 11) is 0. The molecule has 0 amide bonds. The van der Waals surface area contributed by atoms with Gasteiger partial charge in [-0.2, -0.15) is 0 Å². The van der Waals surface area contributed by atoms with Gasteiger partial charge in [0.2, 0.25) is 0 Å². The Balaban J connectivity index is 1.57. The molecule has 4 heteroatoms. The fourth-order valence-electron chi connectivity index (χ4n) is 3.47. The quantitative estimate of drug-likeness (QED) is 0.676. The van der Waals surface area contributed by atoms with Crippen LogP contribution in [0.1, 0.15) is 43.9 Å². The van der Waals surface area contributed by atoms with Gasteiger partial charge < -0.3 is 9.73 Å². The second kappa shape index (κ2) is 6.69. The van der Waals surface area contributed by atoms with E-state index in [2.05, 4.69) is 61.4 Å². The number of carbonyl (C=O) groups excluding carboxylic acids is 1. The Bertz CT molecular complexity index is 978. The second-order valence-corrected chi connectivity index (χ2v) is 8.14. The molecule has 1 aromatic heterocycles. The molecule has 3 aromatic rings. The zero-order valence-corrected chi connectivity index (χ0v) is 16.0. The molecule has 0 saturated carbocycles. The van der Waals surface area contributed by atoms with Gasteiger partial charge in [-0.25, -0.2) is 4.98 Å². The van der Waals surface area contributed by atoms with Gasteiger partial charge in [-0.3, -0.25) is 4.79 Å². The number of benzene rings is 2. The van der Waals surface area contributed by atoms with Gasteiger partial charge in [0.05, 0.1) is 6.20 Å². The van der Waals surface area contributed by atoms with E-state index in [0.29, 0.717) is 18.9 Å². The Labute approximate surface area is 159 Å². The molecule has 0 bridgehead atoms. The predicted molar refractivity (Wildman–Crippen MR) is 107 cm³/mol. The van der Waals surface area contributed by atoms with Crippen molar-refractivity contribution in [2.75, 3.05) is 5.32 Å². The van der Waals surface area contributed by atoms with Crippen LogP contribution in [0.2, 0.25) is 0 Å². The van der Waals surface area contributed by atoms with Crippen LogP contribution in [0.15, 0.2) is 53.1 Å². The van der Waals surface area contributed by atoms with Crippen LogP contribution in [0.4, 0.5) is 11.7 Å². The van der Waals surface area contributed by atoms with Crippen molar-refractivity contribution in [3.05, 3.63) is 65.4 Å². The number of nitrogens with one attached hydrogen (secondary N) is 1. The lowest BCUT2D eigenvalue weighted by Crippen LogP contribution is -2.14. The molecular formula is C23H24N2O2. The minimum atomic E-state index is 0.122. The maximum absolute atomic E-state index is 11.9. The van der Waals surface area contributed by atoms with Crippen LogP contribution in [-0.4, -0.2) is 10.8 Å². The van der Waals surface area contributed by atoms with Crippen LogP contribution in [0.25, 0.3) is 11.3 Å². The summed E-state index contributed by atoms with van der Waals surface area (Å²) in [6.45, 7) is 6.59. The largest absolute Gasteiger partial charge is 0.423 e. The van der Waals surface area contributed by atoms with Crippen molar-refractivity contribution in [2.24, 2.45) is 0 Å². The fraction of sp³-hybridized carbons (Fsp3) is 0.304. The number of hydrogen-bond donors (Lipinski definition) is 1. The standard InChI is InChI=1S/C23H24N2O2/c1-23(2,3)17-10-7-16(8-11-17)21-14-24-22(27-21)25-20-6-4-5-15-9-12-18(26)13-19(15)20/h4-8,10-11,14H,9,12-13H2,1-3H3,(H,24,25). The minimum absolute atomic E-state index is 0.122. The zero-order valence-electron chi connectivity index (χ0n) is 16.0. The third-order valence-electron chi connectivity index (χ3n) is 5.10. The highest BCUT2D eigenvalue weighted by molar-refractivity contribution is 5.85. The molecular weight excluding hydrogens is 336 g/mol. The molecule has 1 N–H and O–H groups in total. The number of ketones is 1. The number of fused-ring (bicyclic) bond motifs is 1. The van der Waals surface area contributed by atoms with Gasteiger partial charge in [0, 0.05) is 24.1 Å². The van der Waals surface area contributed by atoms with Crippen molar-refractivity contribution in [3.8, 4) is 11.3 Å². The highest BCUT2D eigenvalue weighted by Gasteiger charge is 2.19. The summed E-state index contributed by atoms with van der Waals surface area (Å²) >= 11 is 0. The zero-order chi connectivity index (χ0) is 19.0.